The fourth-order valence-corrected chi connectivity index (χ4v) is 4.97. The highest BCUT2D eigenvalue weighted by Crippen LogP contribution is 2.33. The van der Waals surface area contributed by atoms with Crippen molar-refractivity contribution < 1.29 is 14.4 Å². The monoisotopic (exact) mass is 492 g/mol. The average Bonchev–Trinajstić information content (AvgIpc) is 3.38. The van der Waals surface area contributed by atoms with Crippen LogP contribution in [0.1, 0.15) is 57.6 Å². The summed E-state index contributed by atoms with van der Waals surface area (Å²) in [6.07, 6.45) is 3.05. The summed E-state index contributed by atoms with van der Waals surface area (Å²) < 4.78 is 2.00. The molecule has 1 N–H and O–H groups in total. The van der Waals surface area contributed by atoms with Gasteiger partial charge in [-0.25, -0.2) is 4.98 Å². The Labute approximate surface area is 207 Å². The normalized spacial score (nSPS) is 15.0. The molecule has 3 heterocycles. The smallest absolute Gasteiger partial charge is 0.274 e. The minimum absolute atomic E-state index is 0.103. The maximum absolute atomic E-state index is 13.4. The van der Waals surface area contributed by atoms with Crippen molar-refractivity contribution in [3.63, 3.8) is 0 Å². The van der Waals surface area contributed by atoms with E-state index in [2.05, 4.69) is 10.3 Å². The number of rotatable bonds is 7. The summed E-state index contributed by atoms with van der Waals surface area (Å²) in [4.78, 5) is 45.7. The van der Waals surface area contributed by atoms with Crippen LogP contribution in [0.2, 0.25) is 0 Å². The molecule has 1 aliphatic carbocycles. The number of benzene rings is 1. The summed E-state index contributed by atoms with van der Waals surface area (Å²) in [6, 6.07) is 6.88. The third kappa shape index (κ3) is 5.12. The molecule has 0 unspecified atom stereocenters. The van der Waals surface area contributed by atoms with Crippen LogP contribution in [0.5, 0.6) is 0 Å². The Hall–Kier alpha value is -3.53. The van der Waals surface area contributed by atoms with E-state index in [1.807, 2.05) is 10.1 Å². The minimum atomic E-state index is -0.159. The molecule has 1 aliphatic heterocycles. The highest BCUT2D eigenvalue weighted by Gasteiger charge is 2.33. The number of hydrogen-bond donors (Lipinski definition) is 1. The SMILES string of the molecule is CC(=O)Nc1ccc(C(=O)N2CCc3c(c(C(=O)N(C)Cc4cscn4)nn3CC3CC3)C2)cc1. The predicted molar refractivity (Wildman–Crippen MR) is 132 cm³/mol. The molecule has 1 aromatic carbocycles. The van der Waals surface area contributed by atoms with Crippen molar-refractivity contribution in [2.45, 2.75) is 45.8 Å². The summed E-state index contributed by atoms with van der Waals surface area (Å²) in [5.74, 6) is 0.205. The first-order valence-corrected chi connectivity index (χ1v) is 12.7. The van der Waals surface area contributed by atoms with Gasteiger partial charge in [-0.2, -0.15) is 5.10 Å². The quantitative estimate of drug-likeness (QED) is 0.546. The summed E-state index contributed by atoms with van der Waals surface area (Å²) in [5.41, 5.74) is 6.12. The van der Waals surface area contributed by atoms with Crippen LogP contribution < -0.4 is 5.32 Å². The molecule has 3 aromatic rings. The maximum atomic E-state index is 13.4. The minimum Gasteiger partial charge on any atom is -0.334 e. The van der Waals surface area contributed by atoms with Gasteiger partial charge in [-0.05, 0) is 43.0 Å². The van der Waals surface area contributed by atoms with E-state index in [0.717, 1.165) is 23.5 Å². The Morgan fingerprint density at radius 1 is 1.20 bits per heavy atom. The summed E-state index contributed by atoms with van der Waals surface area (Å²) >= 11 is 1.50. The van der Waals surface area contributed by atoms with Gasteiger partial charge in [0.05, 0.1) is 24.3 Å². The second-order valence-electron chi connectivity index (χ2n) is 9.28. The van der Waals surface area contributed by atoms with E-state index in [0.29, 0.717) is 48.9 Å². The number of aromatic nitrogens is 3. The van der Waals surface area contributed by atoms with E-state index in [-0.39, 0.29) is 17.7 Å². The average molecular weight is 493 g/mol. The number of nitrogens with zero attached hydrogens (tertiary/aromatic N) is 5. The van der Waals surface area contributed by atoms with Gasteiger partial charge in [0, 0.05) is 61.4 Å². The Morgan fingerprint density at radius 3 is 2.63 bits per heavy atom. The Morgan fingerprint density at radius 2 is 1.97 bits per heavy atom. The van der Waals surface area contributed by atoms with Crippen molar-refractivity contribution in [3.8, 4) is 0 Å². The molecule has 3 amide bonds. The third-order valence-electron chi connectivity index (χ3n) is 6.43. The van der Waals surface area contributed by atoms with Crippen molar-refractivity contribution >= 4 is 34.7 Å². The van der Waals surface area contributed by atoms with Crippen LogP contribution in [-0.4, -0.2) is 55.9 Å². The van der Waals surface area contributed by atoms with Gasteiger partial charge in [-0.3, -0.25) is 19.1 Å². The van der Waals surface area contributed by atoms with Crippen molar-refractivity contribution in [1.82, 2.24) is 24.6 Å². The molecule has 0 saturated heterocycles. The molecule has 0 bridgehead atoms. The molecule has 2 aliphatic rings. The molecular weight excluding hydrogens is 464 g/mol. The van der Waals surface area contributed by atoms with Gasteiger partial charge >= 0.3 is 0 Å². The van der Waals surface area contributed by atoms with Crippen LogP contribution in [0.3, 0.4) is 0 Å². The van der Waals surface area contributed by atoms with E-state index < -0.39 is 0 Å². The molecule has 0 atom stereocenters. The highest BCUT2D eigenvalue weighted by atomic mass is 32.1. The summed E-state index contributed by atoms with van der Waals surface area (Å²) in [6.45, 7) is 3.59. The topological polar surface area (TPSA) is 100 Å². The largest absolute Gasteiger partial charge is 0.334 e. The Kier molecular flexibility index (Phi) is 6.38. The lowest BCUT2D eigenvalue weighted by Crippen LogP contribution is -2.37. The molecular formula is C25H28N6O3S. The first kappa shape index (κ1) is 23.2. The summed E-state index contributed by atoms with van der Waals surface area (Å²) in [5, 5.41) is 9.40. The third-order valence-corrected chi connectivity index (χ3v) is 7.07. The van der Waals surface area contributed by atoms with Gasteiger partial charge in [0.1, 0.15) is 0 Å². The zero-order valence-electron chi connectivity index (χ0n) is 19.9. The van der Waals surface area contributed by atoms with Crippen molar-refractivity contribution in [2.24, 2.45) is 5.92 Å². The lowest BCUT2D eigenvalue weighted by molar-refractivity contribution is -0.114. The fourth-order valence-electron chi connectivity index (χ4n) is 4.43. The molecule has 1 fully saturated rings. The summed E-state index contributed by atoms with van der Waals surface area (Å²) in [7, 11) is 1.76. The van der Waals surface area contributed by atoms with E-state index in [1.165, 1.54) is 31.1 Å². The first-order valence-electron chi connectivity index (χ1n) is 11.8. The highest BCUT2D eigenvalue weighted by molar-refractivity contribution is 7.07. The van der Waals surface area contributed by atoms with Crippen LogP contribution in [0.4, 0.5) is 5.69 Å². The number of nitrogens with one attached hydrogen (secondary N) is 1. The van der Waals surface area contributed by atoms with Crippen LogP contribution >= 0.6 is 11.3 Å². The molecule has 0 spiro atoms. The standard InChI is InChI=1S/C25H28N6O3S/c1-16(32)27-19-7-5-18(6-8-19)24(33)30-10-9-22-21(13-30)23(28-31(22)11-17-3-4-17)25(34)29(2)12-20-14-35-15-26-20/h5-8,14-15,17H,3-4,9-13H2,1-2H3,(H,27,32). The number of thiazole rings is 1. The second-order valence-corrected chi connectivity index (χ2v) is 9.99. The van der Waals surface area contributed by atoms with Gasteiger partial charge < -0.3 is 15.1 Å². The molecule has 35 heavy (non-hydrogen) atoms. The van der Waals surface area contributed by atoms with Crippen LogP contribution in [0.25, 0.3) is 0 Å². The van der Waals surface area contributed by atoms with E-state index in [4.69, 9.17) is 5.10 Å². The van der Waals surface area contributed by atoms with Crippen molar-refractivity contribution in [1.29, 1.82) is 0 Å². The first-order chi connectivity index (χ1) is 16.9. The Bertz CT molecular complexity index is 1250. The Balaban J connectivity index is 1.38. The van der Waals surface area contributed by atoms with Gasteiger partial charge in [0.15, 0.2) is 5.69 Å². The lowest BCUT2D eigenvalue weighted by Gasteiger charge is -2.28. The molecule has 2 aromatic heterocycles. The van der Waals surface area contributed by atoms with Crippen molar-refractivity contribution in [3.05, 3.63) is 63.4 Å². The number of fused-ring (bicyclic) bond motifs is 1. The van der Waals surface area contributed by atoms with Crippen LogP contribution in [-0.2, 0) is 30.8 Å². The number of carbonyl (C=O) groups excluding carboxylic acids is 3. The van der Waals surface area contributed by atoms with Gasteiger partial charge in [-0.15, -0.1) is 11.3 Å². The van der Waals surface area contributed by atoms with E-state index in [1.54, 1.807) is 46.6 Å². The molecule has 10 heteroatoms. The van der Waals surface area contributed by atoms with E-state index >= 15 is 0 Å². The van der Waals surface area contributed by atoms with Crippen LogP contribution in [0.15, 0.2) is 35.2 Å². The van der Waals surface area contributed by atoms with Gasteiger partial charge in [0.25, 0.3) is 11.8 Å². The molecule has 0 radical (unpaired) electrons. The van der Waals surface area contributed by atoms with Gasteiger partial charge in [-0.1, -0.05) is 0 Å². The zero-order valence-corrected chi connectivity index (χ0v) is 20.7. The lowest BCUT2D eigenvalue weighted by atomic mass is 10.0. The molecule has 5 rings (SSSR count). The number of carbonyl (C=O) groups is 3. The molecule has 182 valence electrons. The molecule has 1 saturated carbocycles. The van der Waals surface area contributed by atoms with Gasteiger partial charge in [0.2, 0.25) is 5.91 Å². The number of hydrogen-bond acceptors (Lipinski definition) is 6. The predicted octanol–water partition coefficient (Wildman–Crippen LogP) is 3.18. The van der Waals surface area contributed by atoms with Crippen LogP contribution in [0, 0.1) is 5.92 Å². The number of anilines is 1. The maximum Gasteiger partial charge on any atom is 0.274 e. The van der Waals surface area contributed by atoms with E-state index in [9.17, 15) is 14.4 Å². The van der Waals surface area contributed by atoms with Crippen molar-refractivity contribution in [2.75, 3.05) is 18.9 Å². The molecule has 9 nitrogen and oxygen atoms in total. The number of amides is 3. The fraction of sp³-hybridized carbons (Fsp3) is 0.400. The zero-order chi connectivity index (χ0) is 24.5. The second kappa shape index (κ2) is 9.61.